The van der Waals surface area contributed by atoms with Gasteiger partial charge < -0.3 is 9.47 Å². The number of carbonyl (C=O) groups excluding carboxylic acids is 2. The topological polar surface area (TPSA) is 65.5 Å². The van der Waals surface area contributed by atoms with Crippen LogP contribution in [-0.2, 0) is 4.74 Å². The van der Waals surface area contributed by atoms with Gasteiger partial charge >= 0.3 is 11.9 Å². The second-order valence-electron chi connectivity index (χ2n) is 5.56. The first-order chi connectivity index (χ1) is 11.0. The highest BCUT2D eigenvalue weighted by Gasteiger charge is 2.16. The van der Waals surface area contributed by atoms with E-state index in [1.807, 2.05) is 32.9 Å². The summed E-state index contributed by atoms with van der Waals surface area (Å²) in [7, 11) is 0. The van der Waals surface area contributed by atoms with Crippen molar-refractivity contribution in [1.82, 2.24) is 4.98 Å². The van der Waals surface area contributed by atoms with Gasteiger partial charge in [-0.05, 0) is 36.6 Å². The molecule has 120 valence electrons. The first-order valence-corrected chi connectivity index (χ1v) is 7.39. The Morgan fingerprint density at radius 3 is 2.30 bits per heavy atom. The highest BCUT2D eigenvalue weighted by atomic mass is 16.5. The molecule has 0 bridgehead atoms. The molecule has 2 aromatic rings. The van der Waals surface area contributed by atoms with Crippen molar-refractivity contribution in [2.75, 3.05) is 6.61 Å². The predicted octanol–water partition coefficient (Wildman–Crippen LogP) is 3.42. The largest absolute Gasteiger partial charge is 0.461 e. The summed E-state index contributed by atoms with van der Waals surface area (Å²) in [5, 5.41) is 0. The monoisotopic (exact) mass is 313 g/mol. The van der Waals surface area contributed by atoms with Crippen LogP contribution in [0.2, 0.25) is 0 Å². The van der Waals surface area contributed by atoms with E-state index in [4.69, 9.17) is 9.47 Å². The van der Waals surface area contributed by atoms with Crippen molar-refractivity contribution in [2.45, 2.75) is 20.8 Å². The standard InChI is InChI=1S/C18H19NO4/c1-12(2)11-22-17(20)14-8-6-9-15(19-14)18(21)23-16-10-5-4-7-13(16)3/h4-10,12H,11H2,1-3H3. The van der Waals surface area contributed by atoms with Gasteiger partial charge in [-0.15, -0.1) is 0 Å². The Labute approximate surface area is 135 Å². The molecule has 0 unspecified atom stereocenters. The molecule has 1 aromatic carbocycles. The van der Waals surface area contributed by atoms with Crippen LogP contribution in [0.1, 0.15) is 40.4 Å². The molecule has 0 saturated carbocycles. The van der Waals surface area contributed by atoms with Gasteiger partial charge in [-0.1, -0.05) is 38.1 Å². The summed E-state index contributed by atoms with van der Waals surface area (Å²) >= 11 is 0. The van der Waals surface area contributed by atoms with E-state index in [1.165, 1.54) is 12.1 Å². The third kappa shape index (κ3) is 4.64. The summed E-state index contributed by atoms with van der Waals surface area (Å²) in [5.41, 5.74) is 0.991. The van der Waals surface area contributed by atoms with Crippen molar-refractivity contribution in [3.63, 3.8) is 0 Å². The van der Waals surface area contributed by atoms with Crippen LogP contribution < -0.4 is 4.74 Å². The van der Waals surface area contributed by atoms with Gasteiger partial charge in [0.15, 0.2) is 0 Å². The zero-order valence-electron chi connectivity index (χ0n) is 13.4. The van der Waals surface area contributed by atoms with Crippen molar-refractivity contribution in [3.8, 4) is 5.75 Å². The van der Waals surface area contributed by atoms with Crippen LogP contribution in [0, 0.1) is 12.8 Å². The molecular formula is C18H19NO4. The van der Waals surface area contributed by atoms with Crippen molar-refractivity contribution in [1.29, 1.82) is 0 Å². The molecule has 1 aromatic heterocycles. The van der Waals surface area contributed by atoms with Gasteiger partial charge in [-0.2, -0.15) is 0 Å². The molecule has 1 heterocycles. The second-order valence-corrected chi connectivity index (χ2v) is 5.56. The van der Waals surface area contributed by atoms with Crippen molar-refractivity contribution in [2.24, 2.45) is 5.92 Å². The van der Waals surface area contributed by atoms with E-state index in [9.17, 15) is 9.59 Å². The number of ether oxygens (including phenoxy) is 2. The van der Waals surface area contributed by atoms with E-state index in [2.05, 4.69) is 4.98 Å². The van der Waals surface area contributed by atoms with Crippen molar-refractivity contribution < 1.29 is 19.1 Å². The quantitative estimate of drug-likeness (QED) is 0.625. The van der Waals surface area contributed by atoms with E-state index >= 15 is 0 Å². The fraction of sp³-hybridized carbons (Fsp3) is 0.278. The normalized spacial score (nSPS) is 10.4. The molecule has 23 heavy (non-hydrogen) atoms. The molecule has 5 nitrogen and oxygen atoms in total. The lowest BCUT2D eigenvalue weighted by atomic mass is 10.2. The molecule has 5 heteroatoms. The maximum atomic E-state index is 12.2. The van der Waals surface area contributed by atoms with Crippen LogP contribution in [0.25, 0.3) is 0 Å². The van der Waals surface area contributed by atoms with E-state index in [0.29, 0.717) is 12.4 Å². The van der Waals surface area contributed by atoms with Crippen LogP contribution in [0.5, 0.6) is 5.75 Å². The molecule has 0 amide bonds. The van der Waals surface area contributed by atoms with Gasteiger partial charge in [0.25, 0.3) is 0 Å². The average Bonchev–Trinajstić information content (AvgIpc) is 2.54. The third-order valence-corrected chi connectivity index (χ3v) is 3.01. The Kier molecular flexibility index (Phi) is 5.46. The molecule has 0 radical (unpaired) electrons. The minimum absolute atomic E-state index is 0.0623. The minimum Gasteiger partial charge on any atom is -0.461 e. The van der Waals surface area contributed by atoms with E-state index in [0.717, 1.165) is 5.56 Å². The number of hydrogen-bond donors (Lipinski definition) is 0. The number of nitrogens with zero attached hydrogens (tertiary/aromatic N) is 1. The van der Waals surface area contributed by atoms with Crippen LogP contribution in [0.15, 0.2) is 42.5 Å². The Bertz CT molecular complexity index is 710. The molecular weight excluding hydrogens is 294 g/mol. The number of aromatic nitrogens is 1. The Morgan fingerprint density at radius 2 is 1.65 bits per heavy atom. The smallest absolute Gasteiger partial charge is 0.362 e. The summed E-state index contributed by atoms with van der Waals surface area (Å²) in [6, 6.07) is 11.8. The van der Waals surface area contributed by atoms with Gasteiger partial charge in [0.1, 0.15) is 17.1 Å². The minimum atomic E-state index is -0.613. The summed E-state index contributed by atoms with van der Waals surface area (Å²) in [6.07, 6.45) is 0. The number of benzene rings is 1. The molecule has 2 rings (SSSR count). The summed E-state index contributed by atoms with van der Waals surface area (Å²) < 4.78 is 10.4. The van der Waals surface area contributed by atoms with Crippen LogP contribution in [0.3, 0.4) is 0 Å². The summed E-state index contributed by atoms with van der Waals surface area (Å²) in [5.74, 6) is -0.470. The molecule has 0 fully saturated rings. The fourth-order valence-corrected chi connectivity index (χ4v) is 1.80. The lowest BCUT2D eigenvalue weighted by Gasteiger charge is -2.08. The lowest BCUT2D eigenvalue weighted by Crippen LogP contribution is -2.16. The molecule has 0 aliphatic rings. The van der Waals surface area contributed by atoms with Crippen LogP contribution in [-0.4, -0.2) is 23.5 Å². The van der Waals surface area contributed by atoms with E-state index in [1.54, 1.807) is 18.2 Å². The van der Waals surface area contributed by atoms with Crippen LogP contribution >= 0.6 is 0 Å². The van der Waals surface area contributed by atoms with Crippen molar-refractivity contribution >= 4 is 11.9 Å². The molecule has 0 aliphatic heterocycles. The third-order valence-electron chi connectivity index (χ3n) is 3.01. The van der Waals surface area contributed by atoms with E-state index in [-0.39, 0.29) is 17.3 Å². The Balaban J connectivity index is 2.11. The van der Waals surface area contributed by atoms with Crippen molar-refractivity contribution in [3.05, 3.63) is 59.4 Å². The van der Waals surface area contributed by atoms with Crippen LogP contribution in [0.4, 0.5) is 0 Å². The Hall–Kier alpha value is -2.69. The maximum absolute atomic E-state index is 12.2. The SMILES string of the molecule is Cc1ccccc1OC(=O)c1cccc(C(=O)OCC(C)C)n1. The molecule has 0 aliphatic carbocycles. The molecule has 0 N–H and O–H groups in total. The zero-order valence-corrected chi connectivity index (χ0v) is 13.4. The number of para-hydroxylation sites is 1. The zero-order chi connectivity index (χ0) is 16.8. The summed E-state index contributed by atoms with van der Waals surface area (Å²) in [6.45, 7) is 6.03. The average molecular weight is 313 g/mol. The first-order valence-electron chi connectivity index (χ1n) is 7.39. The molecule has 0 atom stereocenters. The van der Waals surface area contributed by atoms with Gasteiger partial charge in [0.05, 0.1) is 6.61 Å². The number of carbonyl (C=O) groups is 2. The number of hydrogen-bond acceptors (Lipinski definition) is 5. The van der Waals surface area contributed by atoms with Gasteiger partial charge in [0.2, 0.25) is 0 Å². The predicted molar refractivity (Wildman–Crippen MR) is 85.5 cm³/mol. The number of esters is 2. The van der Waals surface area contributed by atoms with Gasteiger partial charge in [-0.25, -0.2) is 14.6 Å². The maximum Gasteiger partial charge on any atom is 0.362 e. The number of rotatable bonds is 5. The van der Waals surface area contributed by atoms with Gasteiger partial charge in [-0.3, -0.25) is 0 Å². The van der Waals surface area contributed by atoms with E-state index < -0.39 is 11.9 Å². The molecule has 0 spiro atoms. The molecule has 0 saturated heterocycles. The Morgan fingerprint density at radius 1 is 1.00 bits per heavy atom. The number of aryl methyl sites for hydroxylation is 1. The number of pyridine rings is 1. The second kappa shape index (κ2) is 7.54. The fourth-order valence-electron chi connectivity index (χ4n) is 1.80. The van der Waals surface area contributed by atoms with Gasteiger partial charge in [0, 0.05) is 0 Å². The first kappa shape index (κ1) is 16.7. The lowest BCUT2D eigenvalue weighted by molar-refractivity contribution is 0.0452. The summed E-state index contributed by atoms with van der Waals surface area (Å²) in [4.78, 5) is 28.1. The highest BCUT2D eigenvalue weighted by molar-refractivity contribution is 5.92. The highest BCUT2D eigenvalue weighted by Crippen LogP contribution is 2.17.